The van der Waals surface area contributed by atoms with E-state index >= 15 is 0 Å². The minimum atomic E-state index is -3.64. The molecule has 1 saturated heterocycles. The van der Waals surface area contributed by atoms with Crippen molar-refractivity contribution in [1.82, 2.24) is 9.62 Å². The van der Waals surface area contributed by atoms with Gasteiger partial charge in [-0.3, -0.25) is 4.79 Å². The Morgan fingerprint density at radius 2 is 1.77 bits per heavy atom. The third kappa shape index (κ3) is 5.72. The number of nitrogens with zero attached hydrogens (tertiary/aromatic N) is 1. The van der Waals surface area contributed by atoms with Crippen molar-refractivity contribution in [2.24, 2.45) is 11.8 Å². The lowest BCUT2D eigenvalue weighted by Gasteiger charge is -2.33. The standard InChI is InChI=1S/C21H30N2O6S/c1-21(2,3)29-20(26)23-10-8-14(9-11-23)13-22-30(27,28)16-6-4-15(5-7-16)17-12-18(17)19(24)25/h4-7,14,17-18,22H,8-13H2,1-3H3,(H,24,25)/t17-,18+/m0/s1. The van der Waals surface area contributed by atoms with Crippen molar-refractivity contribution < 1.29 is 27.9 Å². The number of hydrogen-bond donors (Lipinski definition) is 2. The van der Waals surface area contributed by atoms with E-state index < -0.39 is 21.6 Å². The number of aliphatic carboxylic acids is 1. The van der Waals surface area contributed by atoms with E-state index in [0.29, 0.717) is 38.9 Å². The van der Waals surface area contributed by atoms with Crippen LogP contribution in [-0.4, -0.2) is 55.7 Å². The molecule has 9 heteroatoms. The molecule has 0 spiro atoms. The molecule has 2 N–H and O–H groups in total. The van der Waals surface area contributed by atoms with Crippen LogP contribution in [0.1, 0.15) is 51.5 Å². The number of carboxylic acid groups (broad SMARTS) is 1. The van der Waals surface area contributed by atoms with Gasteiger partial charge in [-0.25, -0.2) is 17.9 Å². The Kier molecular flexibility index (Phi) is 6.43. The molecule has 0 unspecified atom stereocenters. The smallest absolute Gasteiger partial charge is 0.410 e. The topological polar surface area (TPSA) is 113 Å². The molecular weight excluding hydrogens is 408 g/mol. The van der Waals surface area contributed by atoms with Gasteiger partial charge < -0.3 is 14.7 Å². The van der Waals surface area contributed by atoms with Gasteiger partial charge in [0.2, 0.25) is 10.0 Å². The maximum absolute atomic E-state index is 12.6. The molecule has 1 aromatic rings. The molecule has 0 bridgehead atoms. The number of piperidine rings is 1. The zero-order valence-corrected chi connectivity index (χ0v) is 18.4. The maximum Gasteiger partial charge on any atom is 0.410 e. The van der Waals surface area contributed by atoms with E-state index in [-0.39, 0.29) is 28.7 Å². The Labute approximate surface area is 177 Å². The summed E-state index contributed by atoms with van der Waals surface area (Å²) in [5.74, 6) is -1.05. The highest BCUT2D eigenvalue weighted by Crippen LogP contribution is 2.47. The molecule has 8 nitrogen and oxygen atoms in total. The molecule has 30 heavy (non-hydrogen) atoms. The van der Waals surface area contributed by atoms with Crippen LogP contribution in [-0.2, 0) is 19.6 Å². The summed E-state index contributed by atoms with van der Waals surface area (Å²) in [7, 11) is -3.64. The van der Waals surface area contributed by atoms with E-state index in [0.717, 1.165) is 5.56 Å². The van der Waals surface area contributed by atoms with Crippen LogP contribution in [0.25, 0.3) is 0 Å². The van der Waals surface area contributed by atoms with Gasteiger partial charge in [-0.1, -0.05) is 12.1 Å². The van der Waals surface area contributed by atoms with Crippen LogP contribution in [0, 0.1) is 11.8 Å². The summed E-state index contributed by atoms with van der Waals surface area (Å²) in [6, 6.07) is 6.45. The second kappa shape index (κ2) is 8.55. The van der Waals surface area contributed by atoms with Crippen LogP contribution < -0.4 is 4.72 Å². The van der Waals surface area contributed by atoms with Crippen LogP contribution in [0.2, 0.25) is 0 Å². The van der Waals surface area contributed by atoms with E-state index in [4.69, 9.17) is 9.84 Å². The number of hydrogen-bond acceptors (Lipinski definition) is 5. The Hall–Kier alpha value is -2.13. The number of carboxylic acids is 1. The van der Waals surface area contributed by atoms with Crippen molar-refractivity contribution in [3.63, 3.8) is 0 Å². The third-order valence-electron chi connectivity index (χ3n) is 5.55. The Morgan fingerprint density at radius 3 is 2.27 bits per heavy atom. The minimum absolute atomic E-state index is 0.0256. The molecule has 0 aromatic heterocycles. The Bertz CT molecular complexity index is 883. The summed E-state index contributed by atoms with van der Waals surface area (Å²) in [4.78, 5) is 24.9. The van der Waals surface area contributed by atoms with E-state index in [2.05, 4.69) is 4.72 Å². The molecule has 1 saturated carbocycles. The predicted octanol–water partition coefficient (Wildman–Crippen LogP) is 2.80. The van der Waals surface area contributed by atoms with E-state index in [1.54, 1.807) is 17.0 Å². The second-order valence-corrected chi connectivity index (χ2v) is 10.9. The molecular formula is C21H30N2O6S. The number of ether oxygens (including phenoxy) is 1. The van der Waals surface area contributed by atoms with E-state index in [1.807, 2.05) is 20.8 Å². The fraction of sp³-hybridized carbons (Fsp3) is 0.619. The van der Waals surface area contributed by atoms with Crippen molar-refractivity contribution in [3.05, 3.63) is 29.8 Å². The van der Waals surface area contributed by atoms with Gasteiger partial charge in [0.15, 0.2) is 0 Å². The number of carbonyl (C=O) groups excluding carboxylic acids is 1. The first-order chi connectivity index (χ1) is 14.0. The van der Waals surface area contributed by atoms with Gasteiger partial charge >= 0.3 is 12.1 Å². The number of rotatable bonds is 6. The molecule has 0 radical (unpaired) electrons. The highest BCUT2D eigenvalue weighted by atomic mass is 32.2. The van der Waals surface area contributed by atoms with Crippen LogP contribution in [0.4, 0.5) is 4.79 Å². The van der Waals surface area contributed by atoms with Gasteiger partial charge in [0.05, 0.1) is 10.8 Å². The fourth-order valence-electron chi connectivity index (χ4n) is 3.69. The average Bonchev–Trinajstić information content (AvgIpc) is 3.47. The van der Waals surface area contributed by atoms with Gasteiger partial charge in [-0.15, -0.1) is 0 Å². The highest BCUT2D eigenvalue weighted by molar-refractivity contribution is 7.89. The quantitative estimate of drug-likeness (QED) is 0.706. The van der Waals surface area contributed by atoms with Gasteiger partial charge in [-0.05, 0) is 69.6 Å². The highest BCUT2D eigenvalue weighted by Gasteiger charge is 2.44. The number of carbonyl (C=O) groups is 2. The van der Waals surface area contributed by atoms with Crippen LogP contribution >= 0.6 is 0 Å². The molecule has 1 aromatic carbocycles. The molecule has 2 fully saturated rings. The predicted molar refractivity (Wildman–Crippen MR) is 111 cm³/mol. The molecule has 2 atom stereocenters. The first-order valence-electron chi connectivity index (χ1n) is 10.3. The number of sulfonamides is 1. The molecule has 1 amide bonds. The van der Waals surface area contributed by atoms with Crippen molar-refractivity contribution in [3.8, 4) is 0 Å². The van der Waals surface area contributed by atoms with E-state index in [1.165, 1.54) is 12.1 Å². The molecule has 166 valence electrons. The summed E-state index contributed by atoms with van der Waals surface area (Å²) < 4.78 is 33.2. The Balaban J connectivity index is 1.48. The van der Waals surface area contributed by atoms with E-state index in [9.17, 15) is 18.0 Å². The van der Waals surface area contributed by atoms with Gasteiger partial charge in [0.1, 0.15) is 5.60 Å². The van der Waals surface area contributed by atoms with Gasteiger partial charge in [-0.2, -0.15) is 0 Å². The lowest BCUT2D eigenvalue weighted by molar-refractivity contribution is -0.138. The largest absolute Gasteiger partial charge is 0.481 e. The average molecular weight is 439 g/mol. The molecule has 1 heterocycles. The molecule has 1 aliphatic heterocycles. The summed E-state index contributed by atoms with van der Waals surface area (Å²) in [6.07, 6.45) is 1.68. The first-order valence-corrected chi connectivity index (χ1v) is 11.7. The minimum Gasteiger partial charge on any atom is -0.481 e. The summed E-state index contributed by atoms with van der Waals surface area (Å²) >= 11 is 0. The van der Waals surface area contributed by atoms with Crippen LogP contribution in [0.3, 0.4) is 0 Å². The number of nitrogens with one attached hydrogen (secondary N) is 1. The first kappa shape index (κ1) is 22.6. The fourth-order valence-corrected chi connectivity index (χ4v) is 4.80. The van der Waals surface area contributed by atoms with Crippen molar-refractivity contribution in [2.75, 3.05) is 19.6 Å². The monoisotopic (exact) mass is 438 g/mol. The lowest BCUT2D eigenvalue weighted by Crippen LogP contribution is -2.43. The third-order valence-corrected chi connectivity index (χ3v) is 6.99. The molecule has 3 rings (SSSR count). The summed E-state index contributed by atoms with van der Waals surface area (Å²) in [5, 5.41) is 9.02. The lowest BCUT2D eigenvalue weighted by atomic mass is 9.97. The normalized spacial score (nSPS) is 22.6. The zero-order chi connectivity index (χ0) is 22.1. The summed E-state index contributed by atoms with van der Waals surface area (Å²) in [5.41, 5.74) is 0.323. The maximum atomic E-state index is 12.6. The van der Waals surface area contributed by atoms with Crippen molar-refractivity contribution >= 4 is 22.1 Å². The molecule has 1 aliphatic carbocycles. The van der Waals surface area contributed by atoms with Crippen LogP contribution in [0.5, 0.6) is 0 Å². The van der Waals surface area contributed by atoms with Gasteiger partial charge in [0.25, 0.3) is 0 Å². The summed E-state index contributed by atoms with van der Waals surface area (Å²) in [6.45, 7) is 6.89. The number of benzene rings is 1. The Morgan fingerprint density at radius 1 is 1.17 bits per heavy atom. The molecule has 2 aliphatic rings. The zero-order valence-electron chi connectivity index (χ0n) is 17.6. The number of amides is 1. The van der Waals surface area contributed by atoms with Crippen molar-refractivity contribution in [1.29, 1.82) is 0 Å². The van der Waals surface area contributed by atoms with Crippen LogP contribution in [0.15, 0.2) is 29.2 Å². The SMILES string of the molecule is CC(C)(C)OC(=O)N1CCC(CNS(=O)(=O)c2ccc([C@@H]3C[C@H]3C(=O)O)cc2)CC1. The number of likely N-dealkylation sites (tertiary alicyclic amines) is 1. The second-order valence-electron chi connectivity index (χ2n) is 9.12. The van der Waals surface area contributed by atoms with Gasteiger partial charge in [0, 0.05) is 19.6 Å². The van der Waals surface area contributed by atoms with Crippen molar-refractivity contribution in [2.45, 2.75) is 56.4 Å².